The van der Waals surface area contributed by atoms with Crippen molar-refractivity contribution in [1.29, 1.82) is 5.26 Å². The van der Waals surface area contributed by atoms with Gasteiger partial charge in [-0.2, -0.15) is 10.4 Å². The Hall–Kier alpha value is -2.61. The van der Waals surface area contributed by atoms with E-state index in [1.54, 1.807) is 19.2 Å². The molecule has 96 valence electrons. The molecule has 19 heavy (non-hydrogen) atoms. The van der Waals surface area contributed by atoms with Gasteiger partial charge >= 0.3 is 0 Å². The highest BCUT2D eigenvalue weighted by atomic mass is 16.5. The van der Waals surface area contributed by atoms with Crippen LogP contribution in [0.1, 0.15) is 18.1 Å². The van der Waals surface area contributed by atoms with E-state index in [4.69, 9.17) is 14.7 Å². The number of hydrogen-bond donors (Lipinski definition) is 0. The summed E-state index contributed by atoms with van der Waals surface area (Å²) in [6.07, 6.45) is 2.36. The zero-order chi connectivity index (χ0) is 13.7. The summed E-state index contributed by atoms with van der Waals surface area (Å²) in [4.78, 5) is 0. The Labute approximate surface area is 111 Å². The fourth-order valence-corrected chi connectivity index (χ4v) is 1.60. The molecule has 0 aliphatic rings. The molecule has 0 bridgehead atoms. The van der Waals surface area contributed by atoms with E-state index in [0.717, 1.165) is 12.0 Å². The van der Waals surface area contributed by atoms with E-state index in [-0.39, 0.29) is 5.88 Å². The van der Waals surface area contributed by atoms with Gasteiger partial charge in [0.05, 0.1) is 13.3 Å². The van der Waals surface area contributed by atoms with Crippen molar-refractivity contribution in [3.63, 3.8) is 0 Å². The van der Waals surface area contributed by atoms with E-state index < -0.39 is 0 Å². The molecule has 0 amide bonds. The lowest BCUT2D eigenvalue weighted by atomic mass is 10.1. The van der Waals surface area contributed by atoms with Gasteiger partial charge in [0.1, 0.15) is 11.6 Å². The molecular weight excluding hydrogens is 242 g/mol. The molecule has 1 aromatic carbocycles. The maximum absolute atomic E-state index is 8.98. The summed E-state index contributed by atoms with van der Waals surface area (Å²) in [6.45, 7) is 2.06. The van der Waals surface area contributed by atoms with Crippen LogP contribution in [0.25, 0.3) is 0 Å². The summed E-state index contributed by atoms with van der Waals surface area (Å²) in [7, 11) is 1.57. The molecule has 0 aliphatic carbocycles. The van der Waals surface area contributed by atoms with Crippen molar-refractivity contribution in [2.45, 2.75) is 13.3 Å². The fourth-order valence-electron chi connectivity index (χ4n) is 1.60. The minimum atomic E-state index is 0.174. The van der Waals surface area contributed by atoms with E-state index in [1.807, 2.05) is 18.2 Å². The average Bonchev–Trinajstić information content (AvgIpc) is 2.48. The maximum Gasteiger partial charge on any atom is 0.257 e. The topological polar surface area (TPSA) is 68.0 Å². The summed E-state index contributed by atoms with van der Waals surface area (Å²) in [5, 5.41) is 16.5. The summed E-state index contributed by atoms with van der Waals surface area (Å²) in [5.41, 5.74) is 1.47. The molecule has 0 saturated heterocycles. The van der Waals surface area contributed by atoms with E-state index in [0.29, 0.717) is 17.1 Å². The fraction of sp³-hybridized carbons (Fsp3) is 0.214. The Bertz CT molecular complexity index is 620. The highest BCUT2D eigenvalue weighted by molar-refractivity contribution is 5.46. The van der Waals surface area contributed by atoms with Gasteiger partial charge in [-0.05, 0) is 30.2 Å². The monoisotopic (exact) mass is 255 g/mol. The third-order valence-electron chi connectivity index (χ3n) is 2.65. The van der Waals surface area contributed by atoms with Gasteiger partial charge < -0.3 is 9.47 Å². The smallest absolute Gasteiger partial charge is 0.257 e. The van der Waals surface area contributed by atoms with Crippen LogP contribution < -0.4 is 9.47 Å². The second kappa shape index (κ2) is 5.83. The van der Waals surface area contributed by atoms with Crippen molar-refractivity contribution in [2.24, 2.45) is 0 Å². The molecular formula is C14H13N3O2. The number of methoxy groups -OCH3 is 1. The Balaban J connectivity index is 2.36. The van der Waals surface area contributed by atoms with Crippen molar-refractivity contribution in [3.8, 4) is 23.4 Å². The van der Waals surface area contributed by atoms with Crippen LogP contribution in [-0.2, 0) is 6.42 Å². The first kappa shape index (κ1) is 12.8. The van der Waals surface area contributed by atoms with Gasteiger partial charge in [-0.15, -0.1) is 5.10 Å². The summed E-state index contributed by atoms with van der Waals surface area (Å²) >= 11 is 0. The number of ether oxygens (including phenoxy) is 2. The highest BCUT2D eigenvalue weighted by Gasteiger charge is 2.11. The second-order valence-electron chi connectivity index (χ2n) is 3.80. The predicted octanol–water partition coefficient (Wildman–Crippen LogP) is 2.71. The first-order chi connectivity index (χ1) is 9.28. The van der Waals surface area contributed by atoms with Crippen molar-refractivity contribution in [3.05, 3.63) is 41.6 Å². The van der Waals surface area contributed by atoms with Gasteiger partial charge in [-0.1, -0.05) is 13.0 Å². The van der Waals surface area contributed by atoms with Crippen LogP contribution >= 0.6 is 0 Å². The lowest BCUT2D eigenvalue weighted by Gasteiger charge is -2.10. The molecule has 0 radical (unpaired) electrons. The minimum absolute atomic E-state index is 0.174. The molecule has 0 atom stereocenters. The number of hydrogen-bond acceptors (Lipinski definition) is 5. The lowest BCUT2D eigenvalue weighted by Crippen LogP contribution is -1.96. The molecule has 0 fully saturated rings. The van der Waals surface area contributed by atoms with Crippen LogP contribution in [0.15, 0.2) is 30.5 Å². The number of rotatable bonds is 4. The third-order valence-corrected chi connectivity index (χ3v) is 2.65. The van der Waals surface area contributed by atoms with Gasteiger partial charge in [0.25, 0.3) is 5.88 Å². The van der Waals surface area contributed by atoms with Crippen LogP contribution in [0.2, 0.25) is 0 Å². The second-order valence-corrected chi connectivity index (χ2v) is 3.80. The predicted molar refractivity (Wildman–Crippen MR) is 69.2 cm³/mol. The Morgan fingerprint density at radius 3 is 2.79 bits per heavy atom. The molecule has 5 nitrogen and oxygen atoms in total. The van der Waals surface area contributed by atoms with Gasteiger partial charge in [0.2, 0.25) is 0 Å². The van der Waals surface area contributed by atoms with Crippen LogP contribution in [0.5, 0.6) is 17.4 Å². The van der Waals surface area contributed by atoms with Crippen molar-refractivity contribution in [2.75, 3.05) is 7.11 Å². The minimum Gasteiger partial charge on any atom is -0.493 e. The van der Waals surface area contributed by atoms with Crippen LogP contribution in [0.3, 0.4) is 0 Å². The van der Waals surface area contributed by atoms with Gasteiger partial charge in [0.15, 0.2) is 11.5 Å². The van der Waals surface area contributed by atoms with Gasteiger partial charge in [0, 0.05) is 0 Å². The molecule has 1 heterocycles. The van der Waals surface area contributed by atoms with Crippen LogP contribution in [0.4, 0.5) is 0 Å². The maximum atomic E-state index is 8.98. The molecule has 0 unspecified atom stereocenters. The molecule has 0 aliphatic heterocycles. The third kappa shape index (κ3) is 2.80. The summed E-state index contributed by atoms with van der Waals surface area (Å²) in [6, 6.07) is 9.20. The Kier molecular flexibility index (Phi) is 3.94. The van der Waals surface area contributed by atoms with Gasteiger partial charge in [-0.25, -0.2) is 0 Å². The van der Waals surface area contributed by atoms with E-state index in [2.05, 4.69) is 17.1 Å². The van der Waals surface area contributed by atoms with E-state index in [9.17, 15) is 0 Å². The Morgan fingerprint density at radius 1 is 1.26 bits per heavy atom. The first-order valence-corrected chi connectivity index (χ1v) is 5.85. The van der Waals surface area contributed by atoms with E-state index in [1.165, 1.54) is 6.20 Å². The van der Waals surface area contributed by atoms with Crippen LogP contribution in [-0.4, -0.2) is 17.3 Å². The van der Waals surface area contributed by atoms with E-state index >= 15 is 0 Å². The molecule has 0 saturated carbocycles. The molecule has 5 heteroatoms. The number of benzene rings is 1. The van der Waals surface area contributed by atoms with Crippen molar-refractivity contribution >= 4 is 0 Å². The average molecular weight is 255 g/mol. The quantitative estimate of drug-likeness (QED) is 0.840. The molecule has 0 N–H and O–H groups in total. The first-order valence-electron chi connectivity index (χ1n) is 5.85. The van der Waals surface area contributed by atoms with Crippen molar-refractivity contribution < 1.29 is 9.47 Å². The standard InChI is InChI=1S/C14H13N3O2/c1-3-10-4-5-12(13(8-10)18-2)19-14-11(9-15)6-7-16-17-14/h4-8H,3H2,1-2H3. The number of aromatic nitrogens is 2. The summed E-state index contributed by atoms with van der Waals surface area (Å²) < 4.78 is 10.9. The van der Waals surface area contributed by atoms with Crippen molar-refractivity contribution in [1.82, 2.24) is 10.2 Å². The van der Waals surface area contributed by atoms with Gasteiger partial charge in [-0.3, -0.25) is 0 Å². The van der Waals surface area contributed by atoms with Crippen LogP contribution in [0, 0.1) is 11.3 Å². The highest BCUT2D eigenvalue weighted by Crippen LogP contribution is 2.32. The largest absolute Gasteiger partial charge is 0.493 e. The SMILES string of the molecule is CCc1ccc(Oc2nnccc2C#N)c(OC)c1. The number of nitriles is 1. The lowest BCUT2D eigenvalue weighted by molar-refractivity contribution is 0.371. The molecule has 2 aromatic rings. The molecule has 0 spiro atoms. The zero-order valence-corrected chi connectivity index (χ0v) is 10.8. The number of aryl methyl sites for hydroxylation is 1. The molecule has 2 rings (SSSR count). The number of nitrogens with zero attached hydrogens (tertiary/aromatic N) is 3. The Morgan fingerprint density at radius 2 is 2.11 bits per heavy atom. The summed E-state index contributed by atoms with van der Waals surface area (Å²) in [5.74, 6) is 1.29. The molecule has 1 aromatic heterocycles. The normalized spacial score (nSPS) is 9.74. The zero-order valence-electron chi connectivity index (χ0n) is 10.8.